The average Bonchev–Trinajstić information content (AvgIpc) is 2.74. The molecule has 1 aromatic rings. The molecule has 1 aliphatic rings. The predicted octanol–water partition coefficient (Wildman–Crippen LogP) is 4.09. The van der Waals surface area contributed by atoms with E-state index in [0.29, 0.717) is 5.92 Å². The van der Waals surface area contributed by atoms with E-state index in [1.54, 1.807) is 12.1 Å². The van der Waals surface area contributed by atoms with E-state index in [0.717, 1.165) is 5.56 Å². The van der Waals surface area contributed by atoms with Gasteiger partial charge in [0.25, 0.3) is 0 Å². The molecule has 1 aromatic carbocycles. The number of halogens is 3. The highest BCUT2D eigenvalue weighted by Gasteiger charge is 2.23. The summed E-state index contributed by atoms with van der Waals surface area (Å²) in [7, 11) is 0. The third-order valence-electron chi connectivity index (χ3n) is 3.24. The standard InChI is InChI=1S/C12H15ClFN.ClH/c13-10-7-9(5-6-11(10)14)12(15)8-3-1-2-4-8;/h5-8,12H,1-4,15H2;1H/t12-;/m0./s1. The summed E-state index contributed by atoms with van der Waals surface area (Å²) in [6.45, 7) is 0. The predicted molar refractivity (Wildman–Crippen MR) is 67.5 cm³/mol. The van der Waals surface area contributed by atoms with Crippen molar-refractivity contribution in [2.45, 2.75) is 31.7 Å². The molecule has 0 radical (unpaired) electrons. The Bertz CT molecular complexity index is 351. The molecule has 0 bridgehead atoms. The van der Waals surface area contributed by atoms with E-state index >= 15 is 0 Å². The first-order chi connectivity index (χ1) is 7.18. The lowest BCUT2D eigenvalue weighted by atomic mass is 9.92. The van der Waals surface area contributed by atoms with Crippen LogP contribution in [0.3, 0.4) is 0 Å². The van der Waals surface area contributed by atoms with Crippen LogP contribution in [0.5, 0.6) is 0 Å². The molecule has 0 saturated heterocycles. The van der Waals surface area contributed by atoms with Crippen LogP contribution in [0.4, 0.5) is 4.39 Å². The molecule has 1 saturated carbocycles. The molecule has 0 aliphatic heterocycles. The summed E-state index contributed by atoms with van der Waals surface area (Å²) in [6, 6.07) is 4.79. The minimum absolute atomic E-state index is 0. The Labute approximate surface area is 107 Å². The second kappa shape index (κ2) is 5.85. The maximum absolute atomic E-state index is 13.0. The molecule has 2 N–H and O–H groups in total. The molecular formula is C12H16Cl2FN. The molecule has 0 spiro atoms. The van der Waals surface area contributed by atoms with E-state index in [1.165, 1.54) is 31.7 Å². The van der Waals surface area contributed by atoms with Crippen LogP contribution < -0.4 is 5.73 Å². The summed E-state index contributed by atoms with van der Waals surface area (Å²) >= 11 is 5.73. The first-order valence-electron chi connectivity index (χ1n) is 5.39. The van der Waals surface area contributed by atoms with Crippen LogP contribution in [0.1, 0.15) is 37.3 Å². The fraction of sp³-hybridized carbons (Fsp3) is 0.500. The molecule has 0 amide bonds. The topological polar surface area (TPSA) is 26.0 Å². The molecule has 4 heteroatoms. The maximum Gasteiger partial charge on any atom is 0.141 e. The first kappa shape index (κ1) is 13.8. The summed E-state index contributed by atoms with van der Waals surface area (Å²) in [6.07, 6.45) is 4.87. The quantitative estimate of drug-likeness (QED) is 0.855. The Morgan fingerprint density at radius 2 is 1.94 bits per heavy atom. The van der Waals surface area contributed by atoms with Crippen molar-refractivity contribution in [3.05, 3.63) is 34.6 Å². The van der Waals surface area contributed by atoms with Crippen LogP contribution >= 0.6 is 24.0 Å². The number of benzene rings is 1. The SMILES string of the molecule is Cl.N[C@H](c1ccc(F)c(Cl)c1)C1CCCC1. The molecule has 1 fully saturated rings. The van der Waals surface area contributed by atoms with Gasteiger partial charge in [-0.1, -0.05) is 30.5 Å². The number of nitrogens with two attached hydrogens (primary N) is 1. The van der Waals surface area contributed by atoms with Gasteiger partial charge in [-0.2, -0.15) is 0 Å². The largest absolute Gasteiger partial charge is 0.324 e. The maximum atomic E-state index is 13.0. The van der Waals surface area contributed by atoms with Crippen LogP contribution in [-0.4, -0.2) is 0 Å². The van der Waals surface area contributed by atoms with Crippen molar-refractivity contribution >= 4 is 24.0 Å². The van der Waals surface area contributed by atoms with Crippen LogP contribution in [0.15, 0.2) is 18.2 Å². The number of hydrogen-bond donors (Lipinski definition) is 1. The van der Waals surface area contributed by atoms with E-state index in [1.807, 2.05) is 0 Å². The van der Waals surface area contributed by atoms with Gasteiger partial charge in [0.2, 0.25) is 0 Å². The van der Waals surface area contributed by atoms with Gasteiger partial charge < -0.3 is 5.73 Å². The molecule has 1 aliphatic carbocycles. The molecule has 1 nitrogen and oxygen atoms in total. The monoisotopic (exact) mass is 263 g/mol. The van der Waals surface area contributed by atoms with Gasteiger partial charge in [-0.15, -0.1) is 12.4 Å². The highest BCUT2D eigenvalue weighted by molar-refractivity contribution is 6.30. The van der Waals surface area contributed by atoms with E-state index in [9.17, 15) is 4.39 Å². The summed E-state index contributed by atoms with van der Waals surface area (Å²) in [5, 5.41) is 0.168. The van der Waals surface area contributed by atoms with Crippen molar-refractivity contribution in [1.29, 1.82) is 0 Å². The normalized spacial score (nSPS) is 18.2. The second-order valence-corrected chi connectivity index (χ2v) is 4.65. The minimum Gasteiger partial charge on any atom is -0.324 e. The second-order valence-electron chi connectivity index (χ2n) is 4.24. The van der Waals surface area contributed by atoms with Gasteiger partial charge in [-0.3, -0.25) is 0 Å². The Hall–Kier alpha value is -0.310. The average molecular weight is 264 g/mol. The van der Waals surface area contributed by atoms with Gasteiger partial charge in [0, 0.05) is 6.04 Å². The summed E-state index contributed by atoms with van der Waals surface area (Å²) < 4.78 is 13.0. The van der Waals surface area contributed by atoms with Crippen LogP contribution in [-0.2, 0) is 0 Å². The van der Waals surface area contributed by atoms with Crippen molar-refractivity contribution in [1.82, 2.24) is 0 Å². The smallest absolute Gasteiger partial charge is 0.141 e. The van der Waals surface area contributed by atoms with Crippen molar-refractivity contribution in [3.63, 3.8) is 0 Å². The van der Waals surface area contributed by atoms with Crippen molar-refractivity contribution in [3.8, 4) is 0 Å². The fourth-order valence-corrected chi connectivity index (χ4v) is 2.50. The molecule has 0 unspecified atom stereocenters. The van der Waals surface area contributed by atoms with E-state index in [-0.39, 0.29) is 29.3 Å². The zero-order chi connectivity index (χ0) is 10.8. The molecule has 16 heavy (non-hydrogen) atoms. The molecule has 2 rings (SSSR count). The van der Waals surface area contributed by atoms with Gasteiger partial charge in [0.15, 0.2) is 0 Å². The summed E-state index contributed by atoms with van der Waals surface area (Å²) in [5.74, 6) is 0.158. The zero-order valence-corrected chi connectivity index (χ0v) is 10.5. The lowest BCUT2D eigenvalue weighted by Crippen LogP contribution is -2.19. The molecule has 0 aromatic heterocycles. The Morgan fingerprint density at radius 3 is 2.50 bits per heavy atom. The summed E-state index contributed by atoms with van der Waals surface area (Å²) in [4.78, 5) is 0. The number of rotatable bonds is 2. The highest BCUT2D eigenvalue weighted by Crippen LogP contribution is 2.34. The lowest BCUT2D eigenvalue weighted by molar-refractivity contribution is 0.444. The number of hydrogen-bond acceptors (Lipinski definition) is 1. The third-order valence-corrected chi connectivity index (χ3v) is 3.53. The highest BCUT2D eigenvalue weighted by atomic mass is 35.5. The summed E-state index contributed by atoms with van der Waals surface area (Å²) in [5.41, 5.74) is 7.09. The lowest BCUT2D eigenvalue weighted by Gasteiger charge is -2.19. The van der Waals surface area contributed by atoms with Gasteiger partial charge in [-0.25, -0.2) is 4.39 Å². The Kier molecular flexibility index (Phi) is 5.03. The zero-order valence-electron chi connectivity index (χ0n) is 8.96. The van der Waals surface area contributed by atoms with Crippen LogP contribution in [0.25, 0.3) is 0 Å². The van der Waals surface area contributed by atoms with E-state index in [4.69, 9.17) is 17.3 Å². The van der Waals surface area contributed by atoms with Crippen LogP contribution in [0.2, 0.25) is 5.02 Å². The van der Waals surface area contributed by atoms with Crippen molar-refractivity contribution in [2.75, 3.05) is 0 Å². The van der Waals surface area contributed by atoms with Crippen molar-refractivity contribution < 1.29 is 4.39 Å². The van der Waals surface area contributed by atoms with Crippen molar-refractivity contribution in [2.24, 2.45) is 11.7 Å². The minimum atomic E-state index is -0.376. The third kappa shape index (κ3) is 2.88. The van der Waals surface area contributed by atoms with E-state index in [2.05, 4.69) is 0 Å². The van der Waals surface area contributed by atoms with Crippen LogP contribution in [0, 0.1) is 11.7 Å². The van der Waals surface area contributed by atoms with Gasteiger partial charge in [-0.05, 0) is 36.5 Å². The first-order valence-corrected chi connectivity index (χ1v) is 5.77. The Morgan fingerprint density at radius 1 is 1.31 bits per heavy atom. The molecule has 90 valence electrons. The molecular weight excluding hydrogens is 248 g/mol. The van der Waals surface area contributed by atoms with Gasteiger partial charge in [0.05, 0.1) is 5.02 Å². The van der Waals surface area contributed by atoms with E-state index < -0.39 is 0 Å². The fourth-order valence-electron chi connectivity index (χ4n) is 2.31. The molecule has 1 atom stereocenters. The van der Waals surface area contributed by atoms with Gasteiger partial charge in [0.1, 0.15) is 5.82 Å². The molecule has 0 heterocycles. The Balaban J connectivity index is 0.00000128. The van der Waals surface area contributed by atoms with Gasteiger partial charge >= 0.3 is 0 Å².